The predicted molar refractivity (Wildman–Crippen MR) is 94.9 cm³/mol. The minimum Gasteiger partial charge on any atom is -0.380 e. The molecule has 1 amide bonds. The summed E-state index contributed by atoms with van der Waals surface area (Å²) < 4.78 is 32.7. The van der Waals surface area contributed by atoms with Crippen molar-refractivity contribution >= 4 is 15.9 Å². The largest absolute Gasteiger partial charge is 0.380 e. The van der Waals surface area contributed by atoms with Crippen LogP contribution in [0.4, 0.5) is 0 Å². The smallest absolute Gasteiger partial charge is 0.251 e. The van der Waals surface area contributed by atoms with Crippen molar-refractivity contribution in [2.75, 3.05) is 19.8 Å². The third-order valence-corrected chi connectivity index (χ3v) is 6.04. The number of ether oxygens (including phenoxy) is 1. The first-order valence-corrected chi connectivity index (χ1v) is 10.2. The maximum atomic E-state index is 12.5. The summed E-state index contributed by atoms with van der Waals surface area (Å²) in [4.78, 5) is 12.4. The molecule has 0 bridgehead atoms. The Bertz CT molecular complexity index is 752. The van der Waals surface area contributed by atoms with Crippen LogP contribution < -0.4 is 10.0 Å². The third kappa shape index (κ3) is 4.90. The molecule has 6 nitrogen and oxygen atoms in total. The summed E-state index contributed by atoms with van der Waals surface area (Å²) in [7, 11) is -3.66. The average Bonchev–Trinajstić information content (AvgIpc) is 3.13. The summed E-state index contributed by atoms with van der Waals surface area (Å²) in [6.07, 6.45) is 7.28. The molecule has 0 unspecified atom stereocenters. The number of benzene rings is 1. The molecular formula is C18H24N2O4S. The van der Waals surface area contributed by atoms with Gasteiger partial charge in [0.15, 0.2) is 0 Å². The molecule has 2 aliphatic rings. The van der Waals surface area contributed by atoms with Crippen molar-refractivity contribution in [1.82, 2.24) is 10.0 Å². The van der Waals surface area contributed by atoms with Crippen LogP contribution in [0, 0.1) is 0 Å². The van der Waals surface area contributed by atoms with Crippen molar-refractivity contribution in [2.45, 2.75) is 43.0 Å². The number of allylic oxidation sites excluding steroid dienone is 1. The Hall–Kier alpha value is -1.70. The molecule has 0 saturated carbocycles. The standard InChI is InChI=1S/C18H24N2O4S/c21-18(19-12-14-5-2-1-3-6-14)15-7-4-8-17(11-15)25(22,23)20-16-9-10-24-13-16/h4-5,7-8,11,16,20H,1-3,6,9-10,12-13H2,(H,19,21)/t16-/m1/s1. The Morgan fingerprint density at radius 1 is 1.28 bits per heavy atom. The lowest BCUT2D eigenvalue weighted by Gasteiger charge is -2.14. The van der Waals surface area contributed by atoms with E-state index in [0.29, 0.717) is 31.7 Å². The van der Waals surface area contributed by atoms with Gasteiger partial charge in [-0.15, -0.1) is 0 Å². The molecule has 25 heavy (non-hydrogen) atoms. The van der Waals surface area contributed by atoms with Gasteiger partial charge in [0.05, 0.1) is 11.5 Å². The molecule has 0 radical (unpaired) electrons. The molecule has 1 atom stereocenters. The van der Waals surface area contributed by atoms with Gasteiger partial charge < -0.3 is 10.1 Å². The quantitative estimate of drug-likeness (QED) is 0.756. The molecule has 1 aliphatic carbocycles. The minimum absolute atomic E-state index is 0.101. The number of amides is 1. The van der Waals surface area contributed by atoms with Crippen molar-refractivity contribution in [3.05, 3.63) is 41.5 Å². The van der Waals surface area contributed by atoms with Crippen LogP contribution >= 0.6 is 0 Å². The molecule has 7 heteroatoms. The fraction of sp³-hybridized carbons (Fsp3) is 0.500. The van der Waals surface area contributed by atoms with E-state index in [2.05, 4.69) is 16.1 Å². The second-order valence-corrected chi connectivity index (χ2v) is 8.21. The van der Waals surface area contributed by atoms with E-state index in [1.165, 1.54) is 24.1 Å². The van der Waals surface area contributed by atoms with Crippen molar-refractivity contribution in [2.24, 2.45) is 0 Å². The van der Waals surface area contributed by atoms with Gasteiger partial charge in [0, 0.05) is 24.8 Å². The fourth-order valence-corrected chi connectivity index (χ4v) is 4.38. The molecular weight excluding hydrogens is 340 g/mol. The number of hydrogen-bond acceptors (Lipinski definition) is 4. The monoisotopic (exact) mass is 364 g/mol. The predicted octanol–water partition coefficient (Wildman–Crippen LogP) is 1.98. The zero-order valence-electron chi connectivity index (χ0n) is 14.2. The SMILES string of the molecule is O=C(NCC1=CCCCC1)c1cccc(S(=O)(=O)N[C@@H]2CCOC2)c1. The van der Waals surface area contributed by atoms with Crippen LogP contribution in [0.2, 0.25) is 0 Å². The summed E-state index contributed by atoms with van der Waals surface area (Å²) >= 11 is 0. The average molecular weight is 364 g/mol. The number of hydrogen-bond donors (Lipinski definition) is 2. The molecule has 1 fully saturated rings. The maximum Gasteiger partial charge on any atom is 0.251 e. The highest BCUT2D eigenvalue weighted by atomic mass is 32.2. The minimum atomic E-state index is -3.66. The van der Waals surface area contributed by atoms with E-state index in [9.17, 15) is 13.2 Å². The van der Waals surface area contributed by atoms with Crippen LogP contribution in [0.25, 0.3) is 0 Å². The highest BCUT2D eigenvalue weighted by molar-refractivity contribution is 7.89. The molecule has 2 N–H and O–H groups in total. The first-order chi connectivity index (χ1) is 12.0. The van der Waals surface area contributed by atoms with Crippen LogP contribution in [0.5, 0.6) is 0 Å². The molecule has 136 valence electrons. The van der Waals surface area contributed by atoms with Gasteiger partial charge in [0.2, 0.25) is 10.0 Å². The molecule has 1 aromatic rings. The molecule has 1 saturated heterocycles. The number of rotatable bonds is 6. The van der Waals surface area contributed by atoms with E-state index in [1.807, 2.05) is 0 Å². The number of nitrogens with one attached hydrogen (secondary N) is 2. The van der Waals surface area contributed by atoms with Gasteiger partial charge in [0.1, 0.15) is 0 Å². The topological polar surface area (TPSA) is 84.5 Å². The normalized spacial score (nSPS) is 21.0. The zero-order valence-corrected chi connectivity index (χ0v) is 15.0. The van der Waals surface area contributed by atoms with Crippen molar-refractivity contribution in [3.8, 4) is 0 Å². The summed E-state index contributed by atoms with van der Waals surface area (Å²) in [5.74, 6) is -0.257. The van der Waals surface area contributed by atoms with Crippen molar-refractivity contribution < 1.29 is 17.9 Å². The van der Waals surface area contributed by atoms with Crippen LogP contribution in [-0.2, 0) is 14.8 Å². The Balaban J connectivity index is 1.65. The number of sulfonamides is 1. The summed E-state index contributed by atoms with van der Waals surface area (Å²) in [6, 6.07) is 5.93. The second-order valence-electron chi connectivity index (χ2n) is 6.50. The van der Waals surface area contributed by atoms with E-state index in [0.717, 1.165) is 19.3 Å². The molecule has 0 aromatic heterocycles. The van der Waals surface area contributed by atoms with Gasteiger partial charge in [0.25, 0.3) is 5.91 Å². The Morgan fingerprint density at radius 3 is 2.88 bits per heavy atom. The lowest BCUT2D eigenvalue weighted by Crippen LogP contribution is -2.35. The molecule has 1 heterocycles. The lowest BCUT2D eigenvalue weighted by atomic mass is 9.99. The maximum absolute atomic E-state index is 12.5. The van der Waals surface area contributed by atoms with E-state index in [4.69, 9.17) is 4.74 Å². The lowest BCUT2D eigenvalue weighted by molar-refractivity contribution is 0.0956. The number of carbonyl (C=O) groups excluding carboxylic acids is 1. The Labute approximate surface area is 148 Å². The van der Waals surface area contributed by atoms with Crippen molar-refractivity contribution in [1.29, 1.82) is 0 Å². The summed E-state index contributed by atoms with van der Waals surface area (Å²) in [5, 5.41) is 2.88. The van der Waals surface area contributed by atoms with Gasteiger partial charge in [-0.1, -0.05) is 17.7 Å². The van der Waals surface area contributed by atoms with Crippen LogP contribution in [0.3, 0.4) is 0 Å². The van der Waals surface area contributed by atoms with Gasteiger partial charge in [-0.3, -0.25) is 4.79 Å². The van der Waals surface area contributed by atoms with Gasteiger partial charge in [-0.25, -0.2) is 13.1 Å². The zero-order chi connectivity index (χ0) is 17.7. The fourth-order valence-electron chi connectivity index (χ4n) is 3.08. The Morgan fingerprint density at radius 2 is 2.16 bits per heavy atom. The summed E-state index contributed by atoms with van der Waals surface area (Å²) in [5.41, 5.74) is 1.59. The first kappa shape index (κ1) is 18.1. The van der Waals surface area contributed by atoms with Crippen LogP contribution in [-0.4, -0.2) is 40.1 Å². The van der Waals surface area contributed by atoms with E-state index >= 15 is 0 Å². The van der Waals surface area contributed by atoms with Gasteiger partial charge in [-0.05, 0) is 50.3 Å². The first-order valence-electron chi connectivity index (χ1n) is 8.71. The van der Waals surface area contributed by atoms with Crippen LogP contribution in [0.15, 0.2) is 40.8 Å². The van der Waals surface area contributed by atoms with Crippen molar-refractivity contribution in [3.63, 3.8) is 0 Å². The second kappa shape index (κ2) is 8.12. The highest BCUT2D eigenvalue weighted by Gasteiger charge is 2.24. The third-order valence-electron chi connectivity index (χ3n) is 4.52. The van der Waals surface area contributed by atoms with E-state index in [-0.39, 0.29) is 16.8 Å². The van der Waals surface area contributed by atoms with Gasteiger partial charge >= 0.3 is 0 Å². The molecule has 1 aliphatic heterocycles. The molecule has 1 aromatic carbocycles. The Kier molecular flexibility index (Phi) is 5.88. The van der Waals surface area contributed by atoms with Crippen LogP contribution in [0.1, 0.15) is 42.5 Å². The van der Waals surface area contributed by atoms with Gasteiger partial charge in [-0.2, -0.15) is 0 Å². The molecule has 0 spiro atoms. The highest BCUT2D eigenvalue weighted by Crippen LogP contribution is 2.17. The van der Waals surface area contributed by atoms with E-state index < -0.39 is 10.0 Å². The van der Waals surface area contributed by atoms with E-state index in [1.54, 1.807) is 12.1 Å². The summed E-state index contributed by atoms with van der Waals surface area (Å²) in [6.45, 7) is 1.47. The molecule has 3 rings (SSSR count). The number of carbonyl (C=O) groups is 1.